The van der Waals surface area contributed by atoms with Crippen molar-refractivity contribution in [1.82, 2.24) is 0 Å². The molecule has 4 heterocycles. The first-order chi connectivity index (χ1) is 45.2. The zero-order valence-electron chi connectivity index (χ0n) is 63.0. The molecule has 97 heavy (non-hydrogen) atoms. The van der Waals surface area contributed by atoms with Gasteiger partial charge in [0.15, 0.2) is 0 Å². The van der Waals surface area contributed by atoms with Crippen LogP contribution in [0.25, 0.3) is 41.4 Å². The van der Waals surface area contributed by atoms with Gasteiger partial charge in [-0.3, -0.25) is 0 Å². The first kappa shape index (κ1) is 65.0. The molecule has 500 valence electrons. The van der Waals surface area contributed by atoms with Crippen LogP contribution in [0.15, 0.2) is 127 Å². The minimum absolute atomic E-state index is 0.00138. The number of nitrogens with zero attached hydrogens (tertiary/aromatic N) is 3. The standard InChI is InChI=1S/C91H106BN3S2/c1-53-42-66-70(89(18,19)39-36-85(66,10)11)50-73(53)94-75-45-59(93(56-28-24-54(25-29-56)82(2,3)4)57-30-26-55(27-31-57)83(5,6)7)43-63-60-49-76-62(61-46-68-71(51-77(61)96-76)90(20,21)40-37-87(68,14)15)48-74(60)95(58-32-33-65-67(44-58)86(12,13)35-34-84(65,8)9)92(79(63)75)81-80(94)64-47-69-72(52-78(64)97-81)91(22,23)41-38-88(69,16)17/h24-33,42-52H,34-41H2,1-23H3. The van der Waals surface area contributed by atoms with Crippen LogP contribution < -0.4 is 24.9 Å². The highest BCUT2D eigenvalue weighted by atomic mass is 32.1. The van der Waals surface area contributed by atoms with E-state index in [1.54, 1.807) is 0 Å². The molecule has 0 fully saturated rings. The van der Waals surface area contributed by atoms with Gasteiger partial charge in [0.1, 0.15) is 0 Å². The lowest BCUT2D eigenvalue weighted by Crippen LogP contribution is -2.60. The molecule has 16 rings (SSSR count). The van der Waals surface area contributed by atoms with Crippen molar-refractivity contribution in [2.24, 2.45) is 0 Å². The average Bonchev–Trinajstić information content (AvgIpc) is 1.66. The zero-order valence-corrected chi connectivity index (χ0v) is 64.6. The smallest absolute Gasteiger partial charge is 0.343 e. The molecule has 0 amide bonds. The van der Waals surface area contributed by atoms with E-state index in [0.29, 0.717) is 0 Å². The van der Waals surface area contributed by atoms with Crippen molar-refractivity contribution in [1.29, 1.82) is 0 Å². The molecule has 2 aromatic heterocycles. The van der Waals surface area contributed by atoms with Gasteiger partial charge in [0.25, 0.3) is 0 Å². The molecule has 0 bridgehead atoms. The van der Waals surface area contributed by atoms with E-state index >= 15 is 0 Å². The van der Waals surface area contributed by atoms with Crippen LogP contribution in [0.1, 0.15) is 265 Å². The van der Waals surface area contributed by atoms with E-state index in [2.05, 4.69) is 313 Å². The van der Waals surface area contributed by atoms with Crippen molar-refractivity contribution >= 4 is 116 Å². The van der Waals surface area contributed by atoms with Crippen LogP contribution in [0.2, 0.25) is 0 Å². The number of rotatable bonds is 5. The molecule has 0 saturated heterocycles. The van der Waals surface area contributed by atoms with Gasteiger partial charge in [0, 0.05) is 80.4 Å². The van der Waals surface area contributed by atoms with E-state index in [-0.39, 0.29) is 61.0 Å². The lowest BCUT2D eigenvalue weighted by molar-refractivity contribution is 0.332. The summed E-state index contributed by atoms with van der Waals surface area (Å²) in [5.74, 6) is 0. The normalized spacial score (nSPS) is 20.2. The average molecular weight is 1320 g/mol. The Morgan fingerprint density at radius 2 is 0.773 bits per heavy atom. The van der Waals surface area contributed by atoms with Crippen LogP contribution in [0.4, 0.5) is 45.5 Å². The molecule has 0 saturated carbocycles. The van der Waals surface area contributed by atoms with Crippen LogP contribution in [0.5, 0.6) is 0 Å². The summed E-state index contributed by atoms with van der Waals surface area (Å²) in [5.41, 5.74) is 30.3. The fourth-order valence-corrected chi connectivity index (χ4v) is 21.3. The van der Waals surface area contributed by atoms with Gasteiger partial charge in [-0.15, -0.1) is 22.7 Å². The molecule has 4 aliphatic carbocycles. The number of benzene rings is 8. The van der Waals surface area contributed by atoms with Crippen molar-refractivity contribution in [3.8, 4) is 11.1 Å². The van der Waals surface area contributed by atoms with Gasteiger partial charge in [-0.25, -0.2) is 0 Å². The molecule has 2 aliphatic heterocycles. The third-order valence-corrected chi connectivity index (χ3v) is 28.2. The van der Waals surface area contributed by atoms with Crippen molar-refractivity contribution < 1.29 is 0 Å². The van der Waals surface area contributed by atoms with Crippen molar-refractivity contribution in [2.45, 2.75) is 265 Å². The second kappa shape index (κ2) is 20.8. The van der Waals surface area contributed by atoms with Crippen molar-refractivity contribution in [2.75, 3.05) is 14.6 Å². The van der Waals surface area contributed by atoms with Gasteiger partial charge < -0.3 is 14.6 Å². The van der Waals surface area contributed by atoms with Crippen molar-refractivity contribution in [3.05, 3.63) is 189 Å². The van der Waals surface area contributed by atoms with Crippen LogP contribution >= 0.6 is 22.7 Å². The van der Waals surface area contributed by atoms with Gasteiger partial charge in [-0.2, -0.15) is 0 Å². The molecule has 6 aliphatic rings. The molecule has 0 atom stereocenters. The minimum Gasteiger partial charge on any atom is -0.376 e. The quantitative estimate of drug-likeness (QED) is 0.159. The van der Waals surface area contributed by atoms with Crippen LogP contribution in [-0.4, -0.2) is 6.85 Å². The Balaban J connectivity index is 1.09. The summed E-state index contributed by atoms with van der Waals surface area (Å²) in [4.78, 5) is 8.35. The fourth-order valence-electron chi connectivity index (χ4n) is 18.8. The van der Waals surface area contributed by atoms with E-state index in [4.69, 9.17) is 0 Å². The maximum Gasteiger partial charge on any atom is 0.343 e. The highest BCUT2D eigenvalue weighted by molar-refractivity contribution is 7.32. The molecule has 10 aromatic rings. The Hall–Kier alpha value is -6.60. The van der Waals surface area contributed by atoms with E-state index < -0.39 is 0 Å². The summed E-state index contributed by atoms with van der Waals surface area (Å²) < 4.78 is 5.56. The zero-order chi connectivity index (χ0) is 69.0. The summed E-state index contributed by atoms with van der Waals surface area (Å²) in [6.07, 6.45) is 9.35. The summed E-state index contributed by atoms with van der Waals surface area (Å²) >= 11 is 4.10. The first-order valence-corrected chi connectivity index (χ1v) is 38.6. The first-order valence-electron chi connectivity index (χ1n) is 36.9. The molecule has 6 heteroatoms. The van der Waals surface area contributed by atoms with E-state index in [0.717, 1.165) is 36.3 Å². The number of anilines is 8. The van der Waals surface area contributed by atoms with E-state index in [1.165, 1.54) is 173 Å². The Labute approximate surface area is 590 Å². The number of aryl methyl sites for hydroxylation is 1. The summed E-state index contributed by atoms with van der Waals surface area (Å²) in [7, 11) is 0. The predicted octanol–water partition coefficient (Wildman–Crippen LogP) is 25.7. The molecule has 0 N–H and O–H groups in total. The van der Waals surface area contributed by atoms with Gasteiger partial charge in [0.2, 0.25) is 0 Å². The third kappa shape index (κ3) is 9.92. The molecular weight excluding hydrogens is 1210 g/mol. The maximum absolute atomic E-state index is 2.89. The molecular formula is C91H106BN3S2. The lowest BCUT2D eigenvalue weighted by Gasteiger charge is -2.47. The highest BCUT2D eigenvalue weighted by Crippen LogP contribution is 2.60. The SMILES string of the molecule is Cc1cc2c(cc1N1c3cc(N(c4ccc(C(C)(C)C)cc4)c4ccc(C(C)(C)C)cc4)cc4c3B(c3sc5cc6c(cc5c31)C(C)(C)CCC6(C)C)N(c1ccc3c(c1)C(C)(C)CCC3(C)C)c1cc3c(cc1-4)sc1cc4c(cc13)C(C)(C)CCC4(C)C)C(C)(C)CCC2(C)C. The molecule has 3 nitrogen and oxygen atoms in total. The number of fused-ring (bicyclic) bond motifs is 13. The Kier molecular flexibility index (Phi) is 13.9. The summed E-state index contributed by atoms with van der Waals surface area (Å²) in [6, 6.07) is 53.6. The van der Waals surface area contributed by atoms with Crippen molar-refractivity contribution in [3.63, 3.8) is 0 Å². The largest absolute Gasteiger partial charge is 0.376 e. The number of hydrogen-bond acceptors (Lipinski definition) is 5. The summed E-state index contributed by atoms with van der Waals surface area (Å²) in [5, 5.41) is 4.14. The van der Waals surface area contributed by atoms with E-state index in [9.17, 15) is 0 Å². The van der Waals surface area contributed by atoms with Crippen LogP contribution in [-0.2, 0) is 54.1 Å². The third-order valence-electron chi connectivity index (χ3n) is 25.9. The van der Waals surface area contributed by atoms with Crippen LogP contribution in [0, 0.1) is 6.92 Å². The highest BCUT2D eigenvalue weighted by Gasteiger charge is 2.51. The topological polar surface area (TPSA) is 9.72 Å². The number of thiophene rings is 2. The second-order valence-corrected chi connectivity index (χ2v) is 40.7. The monoisotopic (exact) mass is 1320 g/mol. The Morgan fingerprint density at radius 1 is 0.361 bits per heavy atom. The van der Waals surface area contributed by atoms with Gasteiger partial charge >= 0.3 is 6.85 Å². The minimum atomic E-state index is -0.167. The van der Waals surface area contributed by atoms with Gasteiger partial charge in [-0.1, -0.05) is 189 Å². The Bertz CT molecular complexity index is 4920. The van der Waals surface area contributed by atoms with Crippen LogP contribution in [0.3, 0.4) is 0 Å². The molecule has 8 aromatic carbocycles. The summed E-state index contributed by atoms with van der Waals surface area (Å²) in [6.45, 7) is 56.4. The van der Waals surface area contributed by atoms with Gasteiger partial charge in [-0.05, 0) is 276 Å². The fraction of sp³-hybridized carbons (Fsp3) is 0.451. The predicted molar refractivity (Wildman–Crippen MR) is 426 cm³/mol. The second-order valence-electron chi connectivity index (χ2n) is 38.5. The van der Waals surface area contributed by atoms with Gasteiger partial charge in [0.05, 0.1) is 5.69 Å². The lowest BCUT2D eigenvalue weighted by atomic mass is 9.46. The molecule has 0 radical (unpaired) electrons. The molecule has 0 unspecified atom stereocenters. The maximum atomic E-state index is 2.89. The van der Waals surface area contributed by atoms with E-state index in [1.807, 2.05) is 11.3 Å². The Morgan fingerprint density at radius 3 is 1.27 bits per heavy atom. The molecule has 0 spiro atoms. The number of hydrogen-bond donors (Lipinski definition) is 0.